The van der Waals surface area contributed by atoms with Crippen molar-refractivity contribution in [1.29, 1.82) is 0 Å². The van der Waals surface area contributed by atoms with Gasteiger partial charge in [0, 0.05) is 0 Å². The van der Waals surface area contributed by atoms with Gasteiger partial charge in [0.15, 0.2) is 11.5 Å². The van der Waals surface area contributed by atoms with Crippen LogP contribution in [-0.2, 0) is 9.59 Å². The SMILES string of the molecule is CCCCNCCCCOc1c(OC)cccc1OC.O=C(O)C(=O)O. The Morgan fingerprint density at radius 3 is 1.96 bits per heavy atom. The van der Waals surface area contributed by atoms with Crippen molar-refractivity contribution in [2.24, 2.45) is 0 Å². The Balaban J connectivity index is 0.000000896. The first kappa shape index (κ1) is 23.5. The maximum atomic E-state index is 9.10. The summed E-state index contributed by atoms with van der Waals surface area (Å²) in [6.45, 7) is 5.03. The molecule has 0 aliphatic heterocycles. The molecule has 0 aliphatic carbocycles. The van der Waals surface area contributed by atoms with Crippen LogP contribution in [0.5, 0.6) is 17.2 Å². The predicted molar refractivity (Wildman–Crippen MR) is 97.3 cm³/mol. The summed E-state index contributed by atoms with van der Waals surface area (Å²) < 4.78 is 16.4. The van der Waals surface area contributed by atoms with Crippen molar-refractivity contribution >= 4 is 11.9 Å². The molecule has 148 valence electrons. The van der Waals surface area contributed by atoms with E-state index in [1.54, 1.807) is 14.2 Å². The molecule has 0 unspecified atom stereocenters. The second-order valence-electron chi connectivity index (χ2n) is 5.26. The number of unbranched alkanes of at least 4 members (excludes halogenated alkanes) is 2. The van der Waals surface area contributed by atoms with Crippen LogP contribution < -0.4 is 19.5 Å². The lowest BCUT2D eigenvalue weighted by Gasteiger charge is -2.14. The van der Waals surface area contributed by atoms with Crippen molar-refractivity contribution < 1.29 is 34.0 Å². The minimum atomic E-state index is -1.82. The molecule has 0 fully saturated rings. The summed E-state index contributed by atoms with van der Waals surface area (Å²) in [6, 6.07) is 5.65. The van der Waals surface area contributed by atoms with Crippen LogP contribution in [0, 0.1) is 0 Å². The van der Waals surface area contributed by atoms with Crippen molar-refractivity contribution in [1.82, 2.24) is 5.32 Å². The van der Waals surface area contributed by atoms with Crippen LogP contribution in [0.25, 0.3) is 0 Å². The van der Waals surface area contributed by atoms with Gasteiger partial charge >= 0.3 is 11.9 Å². The fourth-order valence-corrected chi connectivity index (χ4v) is 1.91. The molecule has 0 heterocycles. The molecule has 0 aliphatic rings. The molecule has 0 radical (unpaired) electrons. The molecular weight excluding hydrogens is 342 g/mol. The van der Waals surface area contributed by atoms with E-state index < -0.39 is 11.9 Å². The Hall–Kier alpha value is -2.48. The zero-order valence-corrected chi connectivity index (χ0v) is 15.6. The lowest BCUT2D eigenvalue weighted by Crippen LogP contribution is -2.17. The molecule has 1 aromatic carbocycles. The summed E-state index contributed by atoms with van der Waals surface area (Å²) in [5.74, 6) is -1.53. The summed E-state index contributed by atoms with van der Waals surface area (Å²) in [6.07, 6.45) is 4.61. The quantitative estimate of drug-likeness (QED) is 0.401. The number of rotatable bonds is 11. The van der Waals surface area contributed by atoms with E-state index in [0.29, 0.717) is 23.9 Å². The average Bonchev–Trinajstić information content (AvgIpc) is 2.64. The van der Waals surface area contributed by atoms with Crippen LogP contribution in [0.15, 0.2) is 18.2 Å². The molecule has 0 amide bonds. The van der Waals surface area contributed by atoms with Gasteiger partial charge in [0.2, 0.25) is 5.75 Å². The van der Waals surface area contributed by atoms with Gasteiger partial charge in [-0.25, -0.2) is 9.59 Å². The number of carbonyl (C=O) groups is 2. The number of hydrogen-bond acceptors (Lipinski definition) is 6. The van der Waals surface area contributed by atoms with Crippen LogP contribution in [0.3, 0.4) is 0 Å². The topological polar surface area (TPSA) is 114 Å². The van der Waals surface area contributed by atoms with E-state index in [4.69, 9.17) is 34.0 Å². The highest BCUT2D eigenvalue weighted by Crippen LogP contribution is 2.36. The number of carboxylic acids is 2. The van der Waals surface area contributed by atoms with Crippen molar-refractivity contribution in [2.75, 3.05) is 33.9 Å². The number of para-hydroxylation sites is 1. The number of benzene rings is 1. The molecule has 0 atom stereocenters. The zero-order valence-electron chi connectivity index (χ0n) is 15.6. The monoisotopic (exact) mass is 371 g/mol. The molecule has 8 heteroatoms. The minimum absolute atomic E-state index is 0.673. The Bertz CT molecular complexity index is 500. The third-order valence-corrected chi connectivity index (χ3v) is 3.27. The molecule has 0 spiro atoms. The number of methoxy groups -OCH3 is 2. The van der Waals surface area contributed by atoms with Crippen molar-refractivity contribution in [2.45, 2.75) is 32.6 Å². The molecule has 3 N–H and O–H groups in total. The van der Waals surface area contributed by atoms with Crippen LogP contribution in [0.4, 0.5) is 0 Å². The standard InChI is InChI=1S/C16H27NO3.C2H2O4/c1-4-5-11-17-12-6-7-13-20-16-14(18-2)9-8-10-15(16)19-3;3-1(4)2(5)6/h8-10,17H,4-7,11-13H2,1-3H3;(H,3,4)(H,5,6). The third-order valence-electron chi connectivity index (χ3n) is 3.27. The molecule has 8 nitrogen and oxygen atoms in total. The summed E-state index contributed by atoms with van der Waals surface area (Å²) in [7, 11) is 3.28. The Morgan fingerprint density at radius 1 is 0.962 bits per heavy atom. The molecular formula is C18H29NO7. The lowest BCUT2D eigenvalue weighted by molar-refractivity contribution is -0.159. The Labute approximate surface area is 154 Å². The van der Waals surface area contributed by atoms with Crippen molar-refractivity contribution in [3.63, 3.8) is 0 Å². The number of carboxylic acid groups (broad SMARTS) is 2. The summed E-state index contributed by atoms with van der Waals surface area (Å²) in [4.78, 5) is 18.2. The predicted octanol–water partition coefficient (Wildman–Crippen LogP) is 2.41. The highest BCUT2D eigenvalue weighted by atomic mass is 16.5. The zero-order chi connectivity index (χ0) is 19.8. The first-order valence-corrected chi connectivity index (χ1v) is 8.48. The number of nitrogens with one attached hydrogen (secondary N) is 1. The Morgan fingerprint density at radius 2 is 1.50 bits per heavy atom. The first-order chi connectivity index (χ1) is 12.5. The lowest BCUT2D eigenvalue weighted by atomic mass is 10.3. The van der Waals surface area contributed by atoms with Gasteiger partial charge in [-0.3, -0.25) is 0 Å². The molecule has 0 aromatic heterocycles. The molecule has 0 saturated heterocycles. The van der Waals surface area contributed by atoms with Crippen LogP contribution in [-0.4, -0.2) is 56.1 Å². The molecule has 26 heavy (non-hydrogen) atoms. The largest absolute Gasteiger partial charge is 0.493 e. The Kier molecular flexibility index (Phi) is 13.4. The number of ether oxygens (including phenoxy) is 3. The second kappa shape index (κ2) is 14.8. The van der Waals surface area contributed by atoms with E-state index in [2.05, 4.69) is 12.2 Å². The third kappa shape index (κ3) is 10.4. The van der Waals surface area contributed by atoms with E-state index in [9.17, 15) is 0 Å². The van der Waals surface area contributed by atoms with Gasteiger partial charge in [-0.05, 0) is 44.5 Å². The van der Waals surface area contributed by atoms with Gasteiger partial charge in [0.25, 0.3) is 0 Å². The van der Waals surface area contributed by atoms with Crippen LogP contribution in [0.1, 0.15) is 32.6 Å². The van der Waals surface area contributed by atoms with Gasteiger partial charge in [-0.1, -0.05) is 19.4 Å². The molecule has 1 rings (SSSR count). The van der Waals surface area contributed by atoms with E-state index in [1.807, 2.05) is 18.2 Å². The second-order valence-corrected chi connectivity index (χ2v) is 5.26. The van der Waals surface area contributed by atoms with Crippen LogP contribution in [0.2, 0.25) is 0 Å². The van der Waals surface area contributed by atoms with E-state index in [-0.39, 0.29) is 0 Å². The number of hydrogen-bond donors (Lipinski definition) is 3. The van der Waals surface area contributed by atoms with Gasteiger partial charge in [0.05, 0.1) is 20.8 Å². The minimum Gasteiger partial charge on any atom is -0.493 e. The average molecular weight is 371 g/mol. The van der Waals surface area contributed by atoms with Crippen LogP contribution >= 0.6 is 0 Å². The van der Waals surface area contributed by atoms with Gasteiger partial charge in [-0.2, -0.15) is 0 Å². The van der Waals surface area contributed by atoms with E-state index in [0.717, 1.165) is 25.9 Å². The fraction of sp³-hybridized carbons (Fsp3) is 0.556. The van der Waals surface area contributed by atoms with Crippen molar-refractivity contribution in [3.8, 4) is 17.2 Å². The highest BCUT2D eigenvalue weighted by molar-refractivity contribution is 6.27. The summed E-state index contributed by atoms with van der Waals surface area (Å²) >= 11 is 0. The normalized spacial score (nSPS) is 9.65. The molecule has 0 saturated carbocycles. The smallest absolute Gasteiger partial charge is 0.414 e. The van der Waals surface area contributed by atoms with E-state index in [1.165, 1.54) is 12.8 Å². The molecule has 0 bridgehead atoms. The first-order valence-electron chi connectivity index (χ1n) is 8.48. The molecule has 1 aromatic rings. The van der Waals surface area contributed by atoms with E-state index >= 15 is 0 Å². The number of aliphatic carboxylic acids is 2. The highest BCUT2D eigenvalue weighted by Gasteiger charge is 2.10. The fourth-order valence-electron chi connectivity index (χ4n) is 1.91. The van der Waals surface area contributed by atoms with Crippen molar-refractivity contribution in [3.05, 3.63) is 18.2 Å². The van der Waals surface area contributed by atoms with Gasteiger partial charge < -0.3 is 29.7 Å². The summed E-state index contributed by atoms with van der Waals surface area (Å²) in [5.41, 5.74) is 0. The van der Waals surface area contributed by atoms with Gasteiger partial charge in [-0.15, -0.1) is 0 Å². The van der Waals surface area contributed by atoms with Gasteiger partial charge in [0.1, 0.15) is 0 Å². The summed E-state index contributed by atoms with van der Waals surface area (Å²) in [5, 5.41) is 18.2. The maximum absolute atomic E-state index is 9.10. The maximum Gasteiger partial charge on any atom is 0.414 e.